The van der Waals surface area contributed by atoms with Crippen molar-refractivity contribution in [3.8, 4) is 0 Å². The average Bonchev–Trinajstić information content (AvgIpc) is 2.85. The molecule has 2 fully saturated rings. The van der Waals surface area contributed by atoms with Gasteiger partial charge in [-0.2, -0.15) is 4.31 Å². The fraction of sp³-hybridized carbons (Fsp3) is 0.500. The van der Waals surface area contributed by atoms with Gasteiger partial charge >= 0.3 is 0 Å². The van der Waals surface area contributed by atoms with E-state index in [-0.39, 0.29) is 10.8 Å². The van der Waals surface area contributed by atoms with Gasteiger partial charge in [-0.1, -0.05) is 24.6 Å². The van der Waals surface area contributed by atoms with Crippen molar-refractivity contribution in [3.05, 3.63) is 59.2 Å². The molecule has 0 radical (unpaired) electrons. The van der Waals surface area contributed by atoms with E-state index in [1.807, 2.05) is 6.92 Å². The van der Waals surface area contributed by atoms with Crippen LogP contribution in [0.25, 0.3) is 0 Å². The number of nitrogens with one attached hydrogen (secondary N) is 1. The fourth-order valence-electron chi connectivity index (χ4n) is 4.74. The molecule has 0 unspecified atom stereocenters. The summed E-state index contributed by atoms with van der Waals surface area (Å²) in [6.07, 6.45) is 2.84. The van der Waals surface area contributed by atoms with Crippen LogP contribution in [0.15, 0.2) is 47.4 Å². The number of rotatable bonds is 7. The van der Waals surface area contributed by atoms with Gasteiger partial charge in [0.15, 0.2) is 0 Å². The summed E-state index contributed by atoms with van der Waals surface area (Å²) in [4.78, 5) is 17.9. The number of carbonyl (C=O) groups excluding carboxylic acids is 1. The Kier molecular flexibility index (Phi) is 7.91. The second kappa shape index (κ2) is 10.9. The number of sulfonamides is 1. The smallest absolute Gasteiger partial charge is 0.251 e. The van der Waals surface area contributed by atoms with Crippen LogP contribution < -0.4 is 10.2 Å². The molecule has 0 aliphatic carbocycles. The number of amides is 1. The zero-order valence-corrected chi connectivity index (χ0v) is 21.1. The first-order chi connectivity index (χ1) is 16.3. The maximum absolute atomic E-state index is 13.0. The number of anilines is 1. The molecule has 34 heavy (non-hydrogen) atoms. The molecular formula is C26H36N4O3S. The number of aryl methyl sites for hydroxylation is 2. The highest BCUT2D eigenvalue weighted by molar-refractivity contribution is 7.89. The minimum Gasteiger partial charge on any atom is -0.369 e. The molecule has 7 nitrogen and oxygen atoms in total. The Balaban J connectivity index is 1.30. The van der Waals surface area contributed by atoms with Gasteiger partial charge in [-0.15, -0.1) is 0 Å². The molecule has 2 saturated heterocycles. The second-order valence-corrected chi connectivity index (χ2v) is 11.3. The van der Waals surface area contributed by atoms with Gasteiger partial charge in [0.05, 0.1) is 4.90 Å². The summed E-state index contributed by atoms with van der Waals surface area (Å²) in [6, 6.07) is 13.5. The molecule has 1 amide bonds. The Morgan fingerprint density at radius 1 is 0.912 bits per heavy atom. The van der Waals surface area contributed by atoms with E-state index in [4.69, 9.17) is 0 Å². The van der Waals surface area contributed by atoms with Crippen molar-refractivity contribution in [1.82, 2.24) is 14.5 Å². The van der Waals surface area contributed by atoms with Crippen LogP contribution in [0, 0.1) is 13.8 Å². The molecule has 2 heterocycles. The first kappa shape index (κ1) is 24.7. The second-order valence-electron chi connectivity index (χ2n) is 9.37. The molecule has 0 atom stereocenters. The molecule has 2 aromatic rings. The minimum absolute atomic E-state index is 0.206. The van der Waals surface area contributed by atoms with E-state index in [2.05, 4.69) is 46.3 Å². The summed E-state index contributed by atoms with van der Waals surface area (Å²) < 4.78 is 27.6. The Hall–Kier alpha value is -2.42. The molecule has 0 bridgehead atoms. The average molecular weight is 485 g/mol. The largest absolute Gasteiger partial charge is 0.369 e. The third-order valence-electron chi connectivity index (χ3n) is 6.86. The number of carbonyl (C=O) groups is 1. The zero-order valence-electron chi connectivity index (χ0n) is 20.3. The number of piperidine rings is 1. The normalized spacial score (nSPS) is 18.1. The summed E-state index contributed by atoms with van der Waals surface area (Å²) in [5.41, 5.74) is 3.75. The fourth-order valence-corrected chi connectivity index (χ4v) is 6.28. The van der Waals surface area contributed by atoms with E-state index >= 15 is 0 Å². The van der Waals surface area contributed by atoms with Gasteiger partial charge in [-0.05, 0) is 62.1 Å². The highest BCUT2D eigenvalue weighted by atomic mass is 32.2. The van der Waals surface area contributed by atoms with Crippen LogP contribution in [0.5, 0.6) is 0 Å². The lowest BCUT2D eigenvalue weighted by molar-refractivity contribution is 0.0947. The monoisotopic (exact) mass is 484 g/mol. The molecular weight excluding hydrogens is 448 g/mol. The van der Waals surface area contributed by atoms with Crippen molar-refractivity contribution < 1.29 is 13.2 Å². The summed E-state index contributed by atoms with van der Waals surface area (Å²) in [5, 5.41) is 2.99. The van der Waals surface area contributed by atoms with Gasteiger partial charge in [0.25, 0.3) is 5.91 Å². The number of nitrogens with zero attached hydrogens (tertiary/aromatic N) is 3. The summed E-state index contributed by atoms with van der Waals surface area (Å²) >= 11 is 0. The highest BCUT2D eigenvalue weighted by Crippen LogP contribution is 2.23. The number of piperazine rings is 1. The molecule has 0 saturated carbocycles. The van der Waals surface area contributed by atoms with E-state index in [1.165, 1.54) is 17.3 Å². The molecule has 184 valence electrons. The minimum atomic E-state index is -3.56. The van der Waals surface area contributed by atoms with Crippen LogP contribution >= 0.6 is 0 Å². The molecule has 0 aromatic heterocycles. The van der Waals surface area contributed by atoms with Gasteiger partial charge in [0.2, 0.25) is 10.0 Å². The SMILES string of the molecule is Cc1cccc(N2CCN(CCNC(=O)c3cc(S(=O)(=O)N4CCCCC4)ccc3C)CC2)c1. The molecule has 1 N–H and O–H groups in total. The van der Waals surface area contributed by atoms with E-state index < -0.39 is 10.0 Å². The zero-order chi connectivity index (χ0) is 24.1. The van der Waals surface area contributed by atoms with E-state index in [1.54, 1.807) is 16.4 Å². The Bertz CT molecular complexity index is 1100. The van der Waals surface area contributed by atoms with Gasteiger partial charge < -0.3 is 10.2 Å². The first-order valence-electron chi connectivity index (χ1n) is 12.3. The van der Waals surface area contributed by atoms with Crippen molar-refractivity contribution in [3.63, 3.8) is 0 Å². The van der Waals surface area contributed by atoms with Crippen LogP contribution in [0.1, 0.15) is 40.7 Å². The van der Waals surface area contributed by atoms with Crippen molar-refractivity contribution in [2.75, 3.05) is 57.3 Å². The molecule has 0 spiro atoms. The quantitative estimate of drug-likeness (QED) is 0.654. The van der Waals surface area contributed by atoms with Crippen LogP contribution in [-0.4, -0.2) is 75.9 Å². The predicted octanol–water partition coefficient (Wildman–Crippen LogP) is 3.03. The Morgan fingerprint density at radius 3 is 2.35 bits per heavy atom. The maximum Gasteiger partial charge on any atom is 0.251 e. The topological polar surface area (TPSA) is 73.0 Å². The lowest BCUT2D eigenvalue weighted by Gasteiger charge is -2.36. The lowest BCUT2D eigenvalue weighted by Crippen LogP contribution is -2.48. The number of hydrogen-bond donors (Lipinski definition) is 1. The highest BCUT2D eigenvalue weighted by Gasteiger charge is 2.27. The standard InChI is InChI=1S/C26H36N4O3S/c1-21-7-6-8-23(19-21)29-17-15-28(16-18-29)14-11-27-26(31)25-20-24(10-9-22(25)2)34(32,33)30-12-4-3-5-13-30/h6-10,19-20H,3-5,11-18H2,1-2H3,(H,27,31). The molecule has 2 aliphatic rings. The van der Waals surface area contributed by atoms with Gasteiger partial charge in [-0.25, -0.2) is 8.42 Å². The summed E-state index contributed by atoms with van der Waals surface area (Å²) in [7, 11) is -3.56. The first-order valence-corrected chi connectivity index (χ1v) is 13.7. The maximum atomic E-state index is 13.0. The lowest BCUT2D eigenvalue weighted by atomic mass is 10.1. The van der Waals surface area contributed by atoms with Crippen molar-refractivity contribution in [2.24, 2.45) is 0 Å². The Labute approximate surface area is 203 Å². The van der Waals surface area contributed by atoms with E-state index in [0.29, 0.717) is 25.2 Å². The molecule has 2 aromatic carbocycles. The van der Waals surface area contributed by atoms with Crippen LogP contribution in [-0.2, 0) is 10.0 Å². The van der Waals surface area contributed by atoms with E-state index in [0.717, 1.165) is 57.5 Å². The van der Waals surface area contributed by atoms with Crippen LogP contribution in [0.4, 0.5) is 5.69 Å². The van der Waals surface area contributed by atoms with Crippen LogP contribution in [0.2, 0.25) is 0 Å². The molecule has 2 aliphatic heterocycles. The Morgan fingerprint density at radius 2 is 1.65 bits per heavy atom. The van der Waals surface area contributed by atoms with E-state index in [9.17, 15) is 13.2 Å². The van der Waals surface area contributed by atoms with Crippen LogP contribution in [0.3, 0.4) is 0 Å². The number of benzene rings is 2. The predicted molar refractivity (Wildman–Crippen MR) is 136 cm³/mol. The molecule has 4 rings (SSSR count). The van der Waals surface area contributed by atoms with Crippen molar-refractivity contribution in [2.45, 2.75) is 38.0 Å². The van der Waals surface area contributed by atoms with Gasteiger partial charge in [-0.3, -0.25) is 9.69 Å². The number of hydrogen-bond acceptors (Lipinski definition) is 5. The molecule has 8 heteroatoms. The third kappa shape index (κ3) is 5.79. The summed E-state index contributed by atoms with van der Waals surface area (Å²) in [5.74, 6) is -0.216. The van der Waals surface area contributed by atoms with Crippen molar-refractivity contribution >= 4 is 21.6 Å². The van der Waals surface area contributed by atoms with Crippen molar-refractivity contribution in [1.29, 1.82) is 0 Å². The van der Waals surface area contributed by atoms with Gasteiger partial charge in [0.1, 0.15) is 0 Å². The van der Waals surface area contributed by atoms with Gasteiger partial charge in [0, 0.05) is 63.6 Å². The third-order valence-corrected chi connectivity index (χ3v) is 8.75. The summed E-state index contributed by atoms with van der Waals surface area (Å²) in [6.45, 7) is 10.2.